The van der Waals surface area contributed by atoms with Crippen molar-refractivity contribution in [2.45, 2.75) is 25.3 Å². The summed E-state index contributed by atoms with van der Waals surface area (Å²) in [5, 5.41) is 6.05. The van der Waals surface area contributed by atoms with Crippen molar-refractivity contribution in [2.24, 2.45) is 0 Å². The molecule has 1 atom stereocenters. The lowest BCUT2D eigenvalue weighted by Crippen LogP contribution is -2.40. The highest BCUT2D eigenvalue weighted by Gasteiger charge is 2.20. The third-order valence-electron chi connectivity index (χ3n) is 3.49. The van der Waals surface area contributed by atoms with Crippen LogP contribution in [-0.4, -0.2) is 37.1 Å². The largest absolute Gasteiger partial charge is 0.325 e. The quantitative estimate of drug-likeness (QED) is 0.862. The van der Waals surface area contributed by atoms with Crippen LogP contribution in [0.5, 0.6) is 0 Å². The van der Waals surface area contributed by atoms with Gasteiger partial charge in [-0.25, -0.2) is 9.18 Å². The summed E-state index contributed by atoms with van der Waals surface area (Å²) < 4.78 is 13.1. The Morgan fingerprint density at radius 2 is 2.26 bits per heavy atom. The number of urea groups is 1. The molecule has 104 valence electrons. The standard InChI is InChI=1S/C14H20FN3O/c1-18(13-6-3-8-16-9-7-13)14(19)17-12-5-2-4-11(15)10-12/h2,4-5,10,13,16H,3,6-9H2,1H3,(H,17,19). The average molecular weight is 265 g/mol. The van der Waals surface area contributed by atoms with E-state index in [1.165, 1.54) is 12.1 Å². The molecule has 1 aliphatic rings. The molecule has 1 aromatic rings. The van der Waals surface area contributed by atoms with E-state index in [2.05, 4.69) is 10.6 Å². The number of hydrogen-bond acceptors (Lipinski definition) is 2. The van der Waals surface area contributed by atoms with Gasteiger partial charge >= 0.3 is 6.03 Å². The van der Waals surface area contributed by atoms with Crippen molar-refractivity contribution in [3.05, 3.63) is 30.1 Å². The van der Waals surface area contributed by atoms with E-state index in [0.717, 1.165) is 32.4 Å². The predicted molar refractivity (Wildman–Crippen MR) is 73.7 cm³/mol. The number of rotatable bonds is 2. The second-order valence-corrected chi connectivity index (χ2v) is 4.89. The Balaban J connectivity index is 1.94. The third-order valence-corrected chi connectivity index (χ3v) is 3.49. The molecule has 1 heterocycles. The molecule has 1 unspecified atom stereocenters. The number of nitrogens with zero attached hydrogens (tertiary/aromatic N) is 1. The summed E-state index contributed by atoms with van der Waals surface area (Å²) in [6.07, 6.45) is 3.02. The van der Waals surface area contributed by atoms with Gasteiger partial charge in [0.2, 0.25) is 0 Å². The highest BCUT2D eigenvalue weighted by Crippen LogP contribution is 2.14. The maximum absolute atomic E-state index is 13.1. The minimum atomic E-state index is -0.348. The summed E-state index contributed by atoms with van der Waals surface area (Å²) >= 11 is 0. The second-order valence-electron chi connectivity index (χ2n) is 4.89. The minimum absolute atomic E-state index is 0.183. The monoisotopic (exact) mass is 265 g/mol. The first-order valence-electron chi connectivity index (χ1n) is 6.67. The number of hydrogen-bond donors (Lipinski definition) is 2. The topological polar surface area (TPSA) is 44.4 Å². The van der Waals surface area contributed by atoms with Crippen molar-refractivity contribution < 1.29 is 9.18 Å². The van der Waals surface area contributed by atoms with E-state index in [4.69, 9.17) is 0 Å². The molecule has 1 aromatic carbocycles. The zero-order valence-corrected chi connectivity index (χ0v) is 11.2. The molecule has 0 aromatic heterocycles. The Morgan fingerprint density at radius 3 is 3.05 bits per heavy atom. The number of halogens is 1. The van der Waals surface area contributed by atoms with E-state index < -0.39 is 0 Å². The maximum Gasteiger partial charge on any atom is 0.321 e. The van der Waals surface area contributed by atoms with Crippen molar-refractivity contribution >= 4 is 11.7 Å². The predicted octanol–water partition coefficient (Wildman–Crippen LogP) is 2.43. The fourth-order valence-electron chi connectivity index (χ4n) is 2.33. The highest BCUT2D eigenvalue weighted by atomic mass is 19.1. The summed E-state index contributed by atoms with van der Waals surface area (Å²) in [6, 6.07) is 6.00. The molecule has 0 radical (unpaired) electrons. The fourth-order valence-corrected chi connectivity index (χ4v) is 2.33. The van der Waals surface area contributed by atoms with E-state index in [-0.39, 0.29) is 17.9 Å². The van der Waals surface area contributed by atoms with Crippen molar-refractivity contribution in [1.82, 2.24) is 10.2 Å². The van der Waals surface area contributed by atoms with E-state index in [0.29, 0.717) is 5.69 Å². The van der Waals surface area contributed by atoms with Crippen LogP contribution < -0.4 is 10.6 Å². The lowest BCUT2D eigenvalue weighted by atomic mass is 10.1. The fraction of sp³-hybridized carbons (Fsp3) is 0.500. The van der Waals surface area contributed by atoms with E-state index in [1.54, 1.807) is 24.1 Å². The highest BCUT2D eigenvalue weighted by molar-refractivity contribution is 5.89. The molecule has 2 rings (SSSR count). The number of amides is 2. The lowest BCUT2D eigenvalue weighted by Gasteiger charge is -2.27. The number of anilines is 1. The number of nitrogens with one attached hydrogen (secondary N) is 2. The SMILES string of the molecule is CN(C(=O)Nc1cccc(F)c1)C1CCCNCC1. The summed E-state index contributed by atoms with van der Waals surface area (Å²) in [5.74, 6) is -0.348. The van der Waals surface area contributed by atoms with Crippen LogP contribution >= 0.6 is 0 Å². The second kappa shape index (κ2) is 6.52. The smallest absolute Gasteiger partial charge is 0.321 e. The van der Waals surface area contributed by atoms with Crippen molar-refractivity contribution in [1.29, 1.82) is 0 Å². The van der Waals surface area contributed by atoms with Gasteiger partial charge in [0.25, 0.3) is 0 Å². The van der Waals surface area contributed by atoms with Crippen LogP contribution in [0.25, 0.3) is 0 Å². The van der Waals surface area contributed by atoms with Crippen LogP contribution in [0.4, 0.5) is 14.9 Å². The van der Waals surface area contributed by atoms with Gasteiger partial charge in [-0.2, -0.15) is 0 Å². The summed E-state index contributed by atoms with van der Waals surface area (Å²) in [6.45, 7) is 1.94. The number of benzene rings is 1. The molecule has 1 fully saturated rings. The Bertz CT molecular complexity index is 430. The van der Waals surface area contributed by atoms with E-state index >= 15 is 0 Å². The van der Waals surface area contributed by atoms with Crippen LogP contribution in [0.1, 0.15) is 19.3 Å². The Hall–Kier alpha value is -1.62. The molecule has 0 aliphatic carbocycles. The molecule has 0 spiro atoms. The first-order chi connectivity index (χ1) is 9.16. The molecule has 4 nitrogen and oxygen atoms in total. The third kappa shape index (κ3) is 3.92. The molecule has 5 heteroatoms. The van der Waals surface area contributed by atoms with Gasteiger partial charge in [0.1, 0.15) is 5.82 Å². The minimum Gasteiger partial charge on any atom is -0.325 e. The summed E-state index contributed by atoms with van der Waals surface area (Å²) in [5.41, 5.74) is 0.489. The van der Waals surface area contributed by atoms with Gasteiger partial charge in [0.15, 0.2) is 0 Å². The Labute approximate surface area is 113 Å². The zero-order valence-electron chi connectivity index (χ0n) is 11.2. The van der Waals surface area contributed by atoms with Crippen LogP contribution in [0.3, 0.4) is 0 Å². The number of carbonyl (C=O) groups excluding carboxylic acids is 1. The van der Waals surface area contributed by atoms with Gasteiger partial charge in [-0.05, 0) is 50.6 Å². The summed E-state index contributed by atoms with van der Waals surface area (Å²) in [4.78, 5) is 13.8. The molecule has 2 N–H and O–H groups in total. The molecule has 0 saturated carbocycles. The lowest BCUT2D eigenvalue weighted by molar-refractivity contribution is 0.198. The molecule has 19 heavy (non-hydrogen) atoms. The summed E-state index contributed by atoms with van der Waals surface area (Å²) in [7, 11) is 1.80. The molecule has 1 saturated heterocycles. The van der Waals surface area contributed by atoms with Crippen molar-refractivity contribution in [2.75, 3.05) is 25.5 Å². The van der Waals surface area contributed by atoms with E-state index in [1.807, 2.05) is 0 Å². The van der Waals surface area contributed by atoms with Gasteiger partial charge in [-0.15, -0.1) is 0 Å². The van der Waals surface area contributed by atoms with Gasteiger partial charge < -0.3 is 15.5 Å². The average Bonchev–Trinajstić information content (AvgIpc) is 2.66. The molecule has 2 amide bonds. The first kappa shape index (κ1) is 13.8. The van der Waals surface area contributed by atoms with E-state index in [9.17, 15) is 9.18 Å². The number of carbonyl (C=O) groups is 1. The Kier molecular flexibility index (Phi) is 4.74. The zero-order chi connectivity index (χ0) is 13.7. The van der Waals surface area contributed by atoms with Gasteiger partial charge in [-0.1, -0.05) is 6.07 Å². The van der Waals surface area contributed by atoms with Crippen molar-refractivity contribution in [3.8, 4) is 0 Å². The first-order valence-corrected chi connectivity index (χ1v) is 6.67. The van der Waals surface area contributed by atoms with Crippen molar-refractivity contribution in [3.63, 3.8) is 0 Å². The Morgan fingerprint density at radius 1 is 1.42 bits per heavy atom. The van der Waals surface area contributed by atoms with Crippen LogP contribution in [0.15, 0.2) is 24.3 Å². The maximum atomic E-state index is 13.1. The van der Waals surface area contributed by atoms with Gasteiger partial charge in [0, 0.05) is 18.8 Å². The van der Waals surface area contributed by atoms with Crippen LogP contribution in [0, 0.1) is 5.82 Å². The van der Waals surface area contributed by atoms with Crippen LogP contribution in [-0.2, 0) is 0 Å². The molecule has 1 aliphatic heterocycles. The normalized spacial score (nSPS) is 19.6. The molecule has 0 bridgehead atoms. The van der Waals surface area contributed by atoms with Crippen LogP contribution in [0.2, 0.25) is 0 Å². The van der Waals surface area contributed by atoms with Gasteiger partial charge in [-0.3, -0.25) is 0 Å². The molecular formula is C14H20FN3O. The van der Waals surface area contributed by atoms with Gasteiger partial charge in [0.05, 0.1) is 0 Å². The molecular weight excluding hydrogens is 245 g/mol.